The Kier molecular flexibility index (Phi) is 6.53. The number of sulfonamides is 1. The van der Waals surface area contributed by atoms with Crippen molar-refractivity contribution in [1.82, 2.24) is 14.5 Å². The van der Waals surface area contributed by atoms with E-state index < -0.39 is 10.0 Å². The Labute approximate surface area is 149 Å². The van der Waals surface area contributed by atoms with Crippen molar-refractivity contribution in [2.24, 2.45) is 5.92 Å². The summed E-state index contributed by atoms with van der Waals surface area (Å²) in [5.41, 5.74) is 0.803. The maximum Gasteiger partial charge on any atom is 0.223 e. The number of amides is 1. The predicted molar refractivity (Wildman–Crippen MR) is 95.0 cm³/mol. The predicted octanol–water partition coefficient (Wildman–Crippen LogP) is 1.22. The number of benzene rings is 1. The van der Waals surface area contributed by atoms with Crippen LogP contribution in [0.25, 0.3) is 0 Å². The third-order valence-corrected chi connectivity index (χ3v) is 5.92. The van der Waals surface area contributed by atoms with Gasteiger partial charge >= 0.3 is 0 Å². The Morgan fingerprint density at radius 3 is 2.52 bits per heavy atom. The summed E-state index contributed by atoms with van der Waals surface area (Å²) < 4.78 is 37.9. The van der Waals surface area contributed by atoms with E-state index in [1.54, 1.807) is 6.07 Å². The van der Waals surface area contributed by atoms with Crippen LogP contribution in [-0.4, -0.2) is 63.5 Å². The van der Waals surface area contributed by atoms with Crippen LogP contribution in [0.15, 0.2) is 24.3 Å². The minimum atomic E-state index is -3.19. The molecule has 0 saturated carbocycles. The molecule has 1 fully saturated rings. The molecule has 1 atom stereocenters. The number of piperidine rings is 1. The summed E-state index contributed by atoms with van der Waals surface area (Å²) in [7, 11) is 0.570. The van der Waals surface area contributed by atoms with Gasteiger partial charge in [-0.05, 0) is 44.6 Å². The average molecular weight is 371 g/mol. The molecule has 0 radical (unpaired) electrons. The van der Waals surface area contributed by atoms with Gasteiger partial charge in [-0.25, -0.2) is 17.1 Å². The van der Waals surface area contributed by atoms with E-state index in [1.807, 2.05) is 25.1 Å². The summed E-state index contributed by atoms with van der Waals surface area (Å²) in [5, 5.41) is 2.93. The van der Waals surface area contributed by atoms with E-state index in [4.69, 9.17) is 0 Å². The van der Waals surface area contributed by atoms with E-state index in [0.717, 1.165) is 5.56 Å². The largest absolute Gasteiger partial charge is 0.354 e. The summed E-state index contributed by atoms with van der Waals surface area (Å²) in [6.07, 6.45) is 2.23. The van der Waals surface area contributed by atoms with E-state index in [1.165, 1.54) is 22.7 Å². The SMILES string of the molecule is CN(C)C(CNC(=O)C1CCN(S(C)(=O)=O)CC1)c1cccc(F)c1. The molecule has 0 bridgehead atoms. The van der Waals surface area contributed by atoms with Crippen molar-refractivity contribution < 1.29 is 17.6 Å². The van der Waals surface area contributed by atoms with Crippen molar-refractivity contribution in [2.75, 3.05) is 40.0 Å². The maximum absolute atomic E-state index is 13.5. The minimum Gasteiger partial charge on any atom is -0.354 e. The van der Waals surface area contributed by atoms with Crippen LogP contribution in [0.2, 0.25) is 0 Å². The number of halogens is 1. The van der Waals surface area contributed by atoms with Crippen molar-refractivity contribution in [1.29, 1.82) is 0 Å². The Bertz CT molecular complexity index is 701. The fourth-order valence-electron chi connectivity index (χ4n) is 3.10. The first kappa shape index (κ1) is 19.8. The van der Waals surface area contributed by atoms with Crippen LogP contribution < -0.4 is 5.32 Å². The van der Waals surface area contributed by atoms with Gasteiger partial charge in [0.1, 0.15) is 5.82 Å². The molecule has 1 amide bonds. The third-order valence-electron chi connectivity index (χ3n) is 4.62. The molecule has 0 aromatic heterocycles. The van der Waals surface area contributed by atoms with Crippen molar-refractivity contribution >= 4 is 15.9 Å². The summed E-state index contributed by atoms with van der Waals surface area (Å²) in [6.45, 7) is 1.12. The molecule has 0 aliphatic carbocycles. The van der Waals surface area contributed by atoms with Gasteiger partial charge in [-0.2, -0.15) is 0 Å². The first-order chi connectivity index (χ1) is 11.7. The highest BCUT2D eigenvalue weighted by atomic mass is 32.2. The van der Waals surface area contributed by atoms with Crippen molar-refractivity contribution in [3.63, 3.8) is 0 Å². The van der Waals surface area contributed by atoms with Crippen molar-refractivity contribution in [3.05, 3.63) is 35.6 Å². The number of nitrogens with one attached hydrogen (secondary N) is 1. The number of hydrogen-bond donors (Lipinski definition) is 1. The number of carbonyl (C=O) groups excluding carboxylic acids is 1. The molecule has 1 aliphatic rings. The molecular weight excluding hydrogens is 345 g/mol. The zero-order valence-corrected chi connectivity index (χ0v) is 15.7. The lowest BCUT2D eigenvalue weighted by Gasteiger charge is -2.30. The number of rotatable bonds is 6. The van der Waals surface area contributed by atoms with Crippen LogP contribution >= 0.6 is 0 Å². The molecule has 1 aromatic rings. The second-order valence-electron chi connectivity index (χ2n) is 6.72. The molecule has 1 saturated heterocycles. The van der Waals surface area contributed by atoms with E-state index in [-0.39, 0.29) is 23.7 Å². The molecular formula is C17H26FN3O3S. The number of hydrogen-bond acceptors (Lipinski definition) is 4. The zero-order chi connectivity index (χ0) is 18.6. The van der Waals surface area contributed by atoms with Gasteiger partial charge in [-0.1, -0.05) is 12.1 Å². The Hall–Kier alpha value is -1.51. The highest BCUT2D eigenvalue weighted by Crippen LogP contribution is 2.21. The Balaban J connectivity index is 1.92. The lowest BCUT2D eigenvalue weighted by molar-refractivity contribution is -0.126. The smallest absolute Gasteiger partial charge is 0.223 e. The number of likely N-dealkylation sites (N-methyl/N-ethyl adjacent to an activating group) is 1. The molecule has 1 unspecified atom stereocenters. The van der Waals surface area contributed by atoms with Crippen LogP contribution in [-0.2, 0) is 14.8 Å². The minimum absolute atomic E-state index is 0.0728. The Morgan fingerprint density at radius 2 is 2.00 bits per heavy atom. The molecule has 1 heterocycles. The molecule has 1 aliphatic heterocycles. The summed E-state index contributed by atoms with van der Waals surface area (Å²) >= 11 is 0. The van der Waals surface area contributed by atoms with Gasteiger partial charge in [0, 0.05) is 25.6 Å². The first-order valence-corrected chi connectivity index (χ1v) is 10.2. The van der Waals surface area contributed by atoms with Gasteiger partial charge in [0.25, 0.3) is 0 Å². The molecule has 2 rings (SSSR count). The van der Waals surface area contributed by atoms with E-state index in [0.29, 0.717) is 32.5 Å². The van der Waals surface area contributed by atoms with Gasteiger partial charge in [0.15, 0.2) is 0 Å². The first-order valence-electron chi connectivity index (χ1n) is 8.33. The van der Waals surface area contributed by atoms with Gasteiger partial charge in [-0.15, -0.1) is 0 Å². The summed E-state index contributed by atoms with van der Waals surface area (Å²) in [4.78, 5) is 14.3. The van der Waals surface area contributed by atoms with Crippen LogP contribution in [0, 0.1) is 11.7 Å². The molecule has 1 aromatic carbocycles. The van der Waals surface area contributed by atoms with Crippen molar-refractivity contribution in [3.8, 4) is 0 Å². The van der Waals surface area contributed by atoms with Gasteiger partial charge in [0.05, 0.1) is 12.3 Å². The monoisotopic (exact) mass is 371 g/mol. The van der Waals surface area contributed by atoms with Gasteiger partial charge in [0.2, 0.25) is 15.9 Å². The zero-order valence-electron chi connectivity index (χ0n) is 14.9. The van der Waals surface area contributed by atoms with E-state index >= 15 is 0 Å². The fourth-order valence-corrected chi connectivity index (χ4v) is 3.98. The van der Waals surface area contributed by atoms with Crippen LogP contribution in [0.3, 0.4) is 0 Å². The normalized spacial score (nSPS) is 18.3. The molecule has 25 heavy (non-hydrogen) atoms. The topological polar surface area (TPSA) is 69.7 Å². The molecule has 0 spiro atoms. The molecule has 1 N–H and O–H groups in total. The fraction of sp³-hybridized carbons (Fsp3) is 0.588. The number of nitrogens with zero attached hydrogens (tertiary/aromatic N) is 2. The summed E-state index contributed by atoms with van der Waals surface area (Å²) in [6, 6.07) is 6.23. The molecule has 6 nitrogen and oxygen atoms in total. The van der Waals surface area contributed by atoms with Crippen LogP contribution in [0.4, 0.5) is 4.39 Å². The quantitative estimate of drug-likeness (QED) is 0.816. The Morgan fingerprint density at radius 1 is 1.36 bits per heavy atom. The van der Waals surface area contributed by atoms with Crippen LogP contribution in [0.5, 0.6) is 0 Å². The highest BCUT2D eigenvalue weighted by molar-refractivity contribution is 7.88. The number of carbonyl (C=O) groups is 1. The average Bonchev–Trinajstić information content (AvgIpc) is 2.54. The van der Waals surface area contributed by atoms with Gasteiger partial charge < -0.3 is 10.2 Å². The van der Waals surface area contributed by atoms with Crippen LogP contribution in [0.1, 0.15) is 24.4 Å². The highest BCUT2D eigenvalue weighted by Gasteiger charge is 2.29. The summed E-state index contributed by atoms with van der Waals surface area (Å²) in [5.74, 6) is -0.562. The van der Waals surface area contributed by atoms with E-state index in [2.05, 4.69) is 5.32 Å². The maximum atomic E-state index is 13.5. The second kappa shape index (κ2) is 8.25. The molecule has 8 heteroatoms. The lowest BCUT2D eigenvalue weighted by atomic mass is 9.97. The second-order valence-corrected chi connectivity index (χ2v) is 8.70. The third kappa shape index (κ3) is 5.49. The van der Waals surface area contributed by atoms with E-state index in [9.17, 15) is 17.6 Å². The lowest BCUT2D eigenvalue weighted by Crippen LogP contribution is -2.44. The van der Waals surface area contributed by atoms with Gasteiger partial charge in [-0.3, -0.25) is 4.79 Å². The van der Waals surface area contributed by atoms with Crippen molar-refractivity contribution in [2.45, 2.75) is 18.9 Å². The molecule has 140 valence electrons. The standard InChI is InChI=1S/C17H26FN3O3S/c1-20(2)16(14-5-4-6-15(18)11-14)12-19-17(22)13-7-9-21(10-8-13)25(3,23)24/h4-6,11,13,16H,7-10,12H2,1-3H3,(H,19,22).